The number of Topliss-reactive ketones (excluding diaryl/α,β-unsaturated/α-hetero) is 1. The molecule has 0 aliphatic heterocycles. The van der Waals surface area contributed by atoms with Crippen molar-refractivity contribution in [3.63, 3.8) is 0 Å². The third-order valence-electron chi connectivity index (χ3n) is 7.08. The highest BCUT2D eigenvalue weighted by Crippen LogP contribution is 2.34. The highest BCUT2D eigenvalue weighted by molar-refractivity contribution is 6.30. The minimum absolute atomic E-state index is 0.0247. The van der Waals surface area contributed by atoms with Crippen LogP contribution in [0.1, 0.15) is 49.3 Å². The van der Waals surface area contributed by atoms with E-state index in [9.17, 15) is 14.7 Å². The van der Waals surface area contributed by atoms with Crippen molar-refractivity contribution in [2.24, 2.45) is 11.8 Å². The molecular formula is C29H32ClNO3. The van der Waals surface area contributed by atoms with Gasteiger partial charge in [0.15, 0.2) is 5.78 Å². The molecule has 178 valence electrons. The lowest BCUT2D eigenvalue weighted by molar-refractivity contribution is -0.129. The number of amides is 1. The maximum atomic E-state index is 12.8. The summed E-state index contributed by atoms with van der Waals surface area (Å²) in [6, 6.07) is 17.8. The lowest BCUT2D eigenvalue weighted by atomic mass is 9.95. The predicted molar refractivity (Wildman–Crippen MR) is 137 cm³/mol. The van der Waals surface area contributed by atoms with Gasteiger partial charge in [0.05, 0.1) is 6.04 Å². The van der Waals surface area contributed by atoms with Gasteiger partial charge < -0.3 is 10.4 Å². The summed E-state index contributed by atoms with van der Waals surface area (Å²) >= 11 is 6.08. The number of aromatic hydroxyl groups is 1. The molecule has 4 nitrogen and oxygen atoms in total. The molecule has 34 heavy (non-hydrogen) atoms. The molecule has 1 saturated carbocycles. The van der Waals surface area contributed by atoms with E-state index in [1.54, 1.807) is 26.0 Å². The van der Waals surface area contributed by atoms with E-state index in [1.165, 1.54) is 16.3 Å². The number of carbonyl (C=O) groups is 2. The first-order chi connectivity index (χ1) is 16.3. The van der Waals surface area contributed by atoms with Crippen LogP contribution in [0.25, 0.3) is 10.8 Å². The maximum Gasteiger partial charge on any atom is 0.223 e. The number of carbonyl (C=O) groups excluding carboxylic acids is 2. The van der Waals surface area contributed by atoms with Crippen LogP contribution in [0.2, 0.25) is 5.02 Å². The van der Waals surface area contributed by atoms with E-state index in [0.29, 0.717) is 28.5 Å². The Morgan fingerprint density at radius 2 is 1.85 bits per heavy atom. The second-order valence-corrected chi connectivity index (χ2v) is 10.1. The Morgan fingerprint density at radius 1 is 1.09 bits per heavy atom. The predicted octanol–water partition coefficient (Wildman–Crippen LogP) is 6.17. The molecule has 3 atom stereocenters. The molecule has 0 aromatic heterocycles. The van der Waals surface area contributed by atoms with Crippen molar-refractivity contribution in [3.05, 3.63) is 76.3 Å². The normalized spacial score (nSPS) is 18.7. The smallest absolute Gasteiger partial charge is 0.223 e. The molecule has 4 rings (SSSR count). The van der Waals surface area contributed by atoms with Crippen LogP contribution in [-0.4, -0.2) is 22.8 Å². The molecule has 2 N–H and O–H groups in total. The number of ketones is 1. The molecule has 1 aliphatic carbocycles. The van der Waals surface area contributed by atoms with Crippen LogP contribution in [-0.2, 0) is 22.4 Å². The molecule has 5 heteroatoms. The van der Waals surface area contributed by atoms with Crippen LogP contribution < -0.4 is 5.32 Å². The number of rotatable bonds is 8. The lowest BCUT2D eigenvalue weighted by Gasteiger charge is -2.17. The Labute approximate surface area is 206 Å². The Kier molecular flexibility index (Phi) is 7.57. The number of nitrogens with one attached hydrogen (secondary N) is 1. The molecule has 0 spiro atoms. The van der Waals surface area contributed by atoms with Crippen molar-refractivity contribution >= 4 is 34.1 Å². The number of phenolic OH excluding ortho intramolecular Hbond substituents is 1. The van der Waals surface area contributed by atoms with Crippen molar-refractivity contribution in [1.29, 1.82) is 0 Å². The van der Waals surface area contributed by atoms with E-state index in [4.69, 9.17) is 11.6 Å². The van der Waals surface area contributed by atoms with Crippen LogP contribution >= 0.6 is 11.6 Å². The molecule has 0 radical (unpaired) electrons. The molecule has 3 aromatic rings. The average molecular weight is 478 g/mol. The van der Waals surface area contributed by atoms with E-state index < -0.39 is 6.04 Å². The molecule has 1 fully saturated rings. The van der Waals surface area contributed by atoms with Gasteiger partial charge in [0.1, 0.15) is 5.75 Å². The quantitative estimate of drug-likeness (QED) is 0.407. The highest BCUT2D eigenvalue weighted by Gasteiger charge is 2.31. The molecule has 0 bridgehead atoms. The van der Waals surface area contributed by atoms with Gasteiger partial charge in [-0.1, -0.05) is 54.1 Å². The molecule has 1 amide bonds. The summed E-state index contributed by atoms with van der Waals surface area (Å²) in [5, 5.41) is 16.2. The monoisotopic (exact) mass is 477 g/mol. The molecule has 0 heterocycles. The topological polar surface area (TPSA) is 66.4 Å². The summed E-state index contributed by atoms with van der Waals surface area (Å²) in [5.74, 6) is 0.550. The van der Waals surface area contributed by atoms with Crippen LogP contribution in [0.15, 0.2) is 54.6 Å². The zero-order chi connectivity index (χ0) is 24.2. The van der Waals surface area contributed by atoms with Crippen molar-refractivity contribution in [2.45, 2.75) is 58.4 Å². The fraction of sp³-hybridized carbons (Fsp3) is 0.379. The second kappa shape index (κ2) is 10.6. The first-order valence-corrected chi connectivity index (χ1v) is 12.5. The Balaban J connectivity index is 1.26. The summed E-state index contributed by atoms with van der Waals surface area (Å²) in [7, 11) is 0. The largest absolute Gasteiger partial charge is 0.507 e. The van der Waals surface area contributed by atoms with Crippen LogP contribution in [0.5, 0.6) is 5.75 Å². The number of phenols is 1. The third kappa shape index (κ3) is 5.79. The molecular weight excluding hydrogens is 446 g/mol. The minimum Gasteiger partial charge on any atom is -0.507 e. The fourth-order valence-electron chi connectivity index (χ4n) is 5.08. The zero-order valence-electron chi connectivity index (χ0n) is 19.8. The SMILES string of the molecule is Cc1cc(Cl)cc(CCC(=O)[C@H](C)NC(=O)[C@@H]2CC[C@@H](Cc3ccc4ccccc4c3)C2)c1O. The van der Waals surface area contributed by atoms with Crippen molar-refractivity contribution in [3.8, 4) is 5.75 Å². The number of aryl methyl sites for hydroxylation is 2. The van der Waals surface area contributed by atoms with Gasteiger partial charge in [-0.15, -0.1) is 0 Å². The first-order valence-electron chi connectivity index (χ1n) is 12.1. The summed E-state index contributed by atoms with van der Waals surface area (Å²) in [6.45, 7) is 3.52. The van der Waals surface area contributed by atoms with E-state index in [-0.39, 0.29) is 29.8 Å². The Morgan fingerprint density at radius 3 is 2.65 bits per heavy atom. The van der Waals surface area contributed by atoms with Gasteiger partial charge in [-0.2, -0.15) is 0 Å². The van der Waals surface area contributed by atoms with E-state index in [0.717, 1.165) is 25.7 Å². The van der Waals surface area contributed by atoms with Gasteiger partial charge in [0.25, 0.3) is 0 Å². The zero-order valence-corrected chi connectivity index (χ0v) is 20.6. The lowest BCUT2D eigenvalue weighted by Crippen LogP contribution is -2.41. The van der Waals surface area contributed by atoms with Gasteiger partial charge in [0.2, 0.25) is 5.91 Å². The number of halogens is 1. The second-order valence-electron chi connectivity index (χ2n) is 9.69. The van der Waals surface area contributed by atoms with Crippen LogP contribution in [0, 0.1) is 18.8 Å². The summed E-state index contributed by atoms with van der Waals surface area (Å²) in [6.07, 6.45) is 4.36. The minimum atomic E-state index is -0.547. The average Bonchev–Trinajstić information content (AvgIpc) is 3.28. The number of benzene rings is 3. The number of fused-ring (bicyclic) bond motifs is 1. The maximum absolute atomic E-state index is 12.8. The van der Waals surface area contributed by atoms with Crippen molar-refractivity contribution in [2.75, 3.05) is 0 Å². The van der Waals surface area contributed by atoms with Gasteiger partial charge in [-0.05, 0) is 91.5 Å². The van der Waals surface area contributed by atoms with E-state index >= 15 is 0 Å². The van der Waals surface area contributed by atoms with Crippen LogP contribution in [0.3, 0.4) is 0 Å². The summed E-state index contributed by atoms with van der Waals surface area (Å²) in [4.78, 5) is 25.5. The van der Waals surface area contributed by atoms with Crippen LogP contribution in [0.4, 0.5) is 0 Å². The standard InChI is InChI=1S/C29H32ClNO3/c1-18-13-26(30)17-24(28(18)33)11-12-27(32)19(2)31-29(34)25-10-8-21(16-25)14-20-7-9-22-5-3-4-6-23(22)15-20/h3-7,9,13,15,17,19,21,25,33H,8,10-12,14,16H2,1-2H3,(H,31,34)/t19-,21-,25+/m0/s1. The van der Waals surface area contributed by atoms with Gasteiger partial charge in [-0.25, -0.2) is 0 Å². The number of hydrogen-bond donors (Lipinski definition) is 2. The van der Waals surface area contributed by atoms with Gasteiger partial charge in [-0.3, -0.25) is 9.59 Å². The molecule has 0 saturated heterocycles. The van der Waals surface area contributed by atoms with Gasteiger partial charge >= 0.3 is 0 Å². The summed E-state index contributed by atoms with van der Waals surface area (Å²) < 4.78 is 0. The molecule has 0 unspecified atom stereocenters. The molecule has 1 aliphatic rings. The Hall–Kier alpha value is -2.85. The van der Waals surface area contributed by atoms with E-state index in [2.05, 4.69) is 47.8 Å². The first kappa shape index (κ1) is 24.3. The molecule has 3 aromatic carbocycles. The third-order valence-corrected chi connectivity index (χ3v) is 7.30. The van der Waals surface area contributed by atoms with Crippen molar-refractivity contribution < 1.29 is 14.7 Å². The van der Waals surface area contributed by atoms with Gasteiger partial charge in [0, 0.05) is 17.4 Å². The summed E-state index contributed by atoms with van der Waals surface area (Å²) in [5.41, 5.74) is 2.66. The van der Waals surface area contributed by atoms with E-state index in [1.807, 2.05) is 0 Å². The number of hydrogen-bond acceptors (Lipinski definition) is 3. The Bertz CT molecular complexity index is 1210. The highest BCUT2D eigenvalue weighted by atomic mass is 35.5. The fourth-order valence-corrected chi connectivity index (χ4v) is 5.37. The van der Waals surface area contributed by atoms with Crippen molar-refractivity contribution in [1.82, 2.24) is 5.32 Å².